The Labute approximate surface area is 303 Å². The van der Waals surface area contributed by atoms with Gasteiger partial charge in [0.2, 0.25) is 0 Å². The highest BCUT2D eigenvalue weighted by molar-refractivity contribution is 5.69. The van der Waals surface area contributed by atoms with Gasteiger partial charge in [-0.3, -0.25) is 14.5 Å². The molecular formula is C42H80N2O5. The summed E-state index contributed by atoms with van der Waals surface area (Å²) in [6.45, 7) is 11.8. The Kier molecular flexibility index (Phi) is 31.3. The third-order valence-corrected chi connectivity index (χ3v) is 10.2. The number of aliphatic hydroxyl groups excluding tert-OH is 1. The quantitative estimate of drug-likeness (QED) is 0.0398. The molecule has 288 valence electrons. The van der Waals surface area contributed by atoms with Crippen LogP contribution in [-0.4, -0.2) is 84.9 Å². The molecule has 1 aliphatic carbocycles. The van der Waals surface area contributed by atoms with Crippen molar-refractivity contribution in [3.63, 3.8) is 0 Å². The summed E-state index contributed by atoms with van der Waals surface area (Å²) in [7, 11) is 0. The maximum absolute atomic E-state index is 13.0. The Morgan fingerprint density at radius 2 is 1.24 bits per heavy atom. The number of nitrogens with zero attached hydrogens (tertiary/aromatic N) is 2. The lowest BCUT2D eigenvalue weighted by Crippen LogP contribution is -2.45. The second-order valence-corrected chi connectivity index (χ2v) is 14.6. The molecule has 0 atom stereocenters. The molecule has 1 aliphatic rings. The van der Waals surface area contributed by atoms with Crippen molar-refractivity contribution >= 4 is 11.9 Å². The van der Waals surface area contributed by atoms with E-state index in [-0.39, 0.29) is 24.6 Å². The number of ether oxygens (including phenoxy) is 2. The van der Waals surface area contributed by atoms with Crippen LogP contribution in [0.15, 0.2) is 12.2 Å². The Morgan fingerprint density at radius 3 is 1.86 bits per heavy atom. The van der Waals surface area contributed by atoms with Gasteiger partial charge in [-0.1, -0.05) is 116 Å². The minimum absolute atomic E-state index is 0.0340. The molecule has 0 aromatic rings. The maximum atomic E-state index is 13.0. The summed E-state index contributed by atoms with van der Waals surface area (Å²) >= 11 is 0. The molecule has 1 N–H and O–H groups in total. The van der Waals surface area contributed by atoms with Crippen molar-refractivity contribution in [3.05, 3.63) is 12.2 Å². The average Bonchev–Trinajstić information content (AvgIpc) is 3.06. The van der Waals surface area contributed by atoms with Gasteiger partial charge >= 0.3 is 11.9 Å². The number of carbonyl (C=O) groups is 2. The maximum Gasteiger partial charge on any atom is 0.306 e. The summed E-state index contributed by atoms with van der Waals surface area (Å²) in [5.74, 6) is -0.139. The van der Waals surface area contributed by atoms with Crippen LogP contribution in [-0.2, 0) is 19.1 Å². The van der Waals surface area contributed by atoms with Crippen LogP contribution in [0.2, 0.25) is 0 Å². The first-order valence-corrected chi connectivity index (χ1v) is 21.1. The van der Waals surface area contributed by atoms with Gasteiger partial charge < -0.3 is 19.5 Å². The molecule has 0 unspecified atom stereocenters. The fraction of sp³-hybridized carbons (Fsp3) is 0.905. The van der Waals surface area contributed by atoms with Crippen molar-refractivity contribution in [3.8, 4) is 0 Å². The lowest BCUT2D eigenvalue weighted by molar-refractivity contribution is -0.150. The number of hydrogen-bond acceptors (Lipinski definition) is 7. The lowest BCUT2D eigenvalue weighted by Gasteiger charge is -2.38. The molecule has 1 rings (SSSR count). The first kappa shape index (κ1) is 45.6. The normalized spacial score (nSPS) is 13.6. The van der Waals surface area contributed by atoms with Crippen molar-refractivity contribution in [2.75, 3.05) is 45.9 Å². The summed E-state index contributed by atoms with van der Waals surface area (Å²) in [6.07, 6.45) is 33.0. The van der Waals surface area contributed by atoms with Crippen LogP contribution in [0.25, 0.3) is 0 Å². The highest BCUT2D eigenvalue weighted by Gasteiger charge is 2.24. The summed E-state index contributed by atoms with van der Waals surface area (Å²) in [6, 6.07) is 0.603. The van der Waals surface area contributed by atoms with Crippen LogP contribution in [0.3, 0.4) is 0 Å². The van der Waals surface area contributed by atoms with E-state index in [0.29, 0.717) is 25.5 Å². The molecule has 1 fully saturated rings. The van der Waals surface area contributed by atoms with E-state index in [1.165, 1.54) is 96.3 Å². The number of carbonyl (C=O) groups excluding carboxylic acids is 2. The zero-order valence-corrected chi connectivity index (χ0v) is 32.6. The van der Waals surface area contributed by atoms with E-state index < -0.39 is 0 Å². The topological polar surface area (TPSA) is 79.3 Å². The zero-order valence-electron chi connectivity index (χ0n) is 32.6. The lowest BCUT2D eigenvalue weighted by atomic mass is 9.91. The van der Waals surface area contributed by atoms with Gasteiger partial charge in [-0.2, -0.15) is 0 Å². The largest absolute Gasteiger partial charge is 0.462 e. The Bertz CT molecular complexity index is 773. The molecule has 0 amide bonds. The van der Waals surface area contributed by atoms with E-state index in [9.17, 15) is 14.7 Å². The van der Waals surface area contributed by atoms with Crippen molar-refractivity contribution in [1.29, 1.82) is 0 Å². The fourth-order valence-electron chi connectivity index (χ4n) is 6.74. The van der Waals surface area contributed by atoms with Crippen LogP contribution in [0, 0.1) is 0 Å². The highest BCUT2D eigenvalue weighted by atomic mass is 16.5. The molecule has 0 bridgehead atoms. The predicted octanol–water partition coefficient (Wildman–Crippen LogP) is 10.2. The van der Waals surface area contributed by atoms with Gasteiger partial charge in [0.25, 0.3) is 0 Å². The molecule has 0 saturated heterocycles. The van der Waals surface area contributed by atoms with Gasteiger partial charge in [0.05, 0.1) is 6.61 Å². The SMILES string of the molecule is CCCCCC/C=C\COC(=O)CCCCCN(CCCC(=O)OC(CCCCCCC)CCCCCCC)CCN(CCO)C1CCC1. The predicted molar refractivity (Wildman–Crippen MR) is 206 cm³/mol. The number of hydrogen-bond donors (Lipinski definition) is 1. The fourth-order valence-corrected chi connectivity index (χ4v) is 6.74. The van der Waals surface area contributed by atoms with E-state index in [0.717, 1.165) is 90.5 Å². The molecule has 0 aromatic heterocycles. The minimum Gasteiger partial charge on any atom is -0.462 e. The van der Waals surface area contributed by atoms with Crippen molar-refractivity contribution in [2.24, 2.45) is 0 Å². The van der Waals surface area contributed by atoms with E-state index in [1.807, 2.05) is 6.08 Å². The molecule has 0 radical (unpaired) electrons. The third kappa shape index (κ3) is 27.0. The van der Waals surface area contributed by atoms with Crippen molar-refractivity contribution < 1.29 is 24.2 Å². The van der Waals surface area contributed by atoms with Crippen LogP contribution in [0.4, 0.5) is 0 Å². The van der Waals surface area contributed by atoms with Gasteiger partial charge in [0, 0.05) is 38.5 Å². The molecule has 7 heteroatoms. The summed E-state index contributed by atoms with van der Waals surface area (Å²) in [5.41, 5.74) is 0. The first-order chi connectivity index (χ1) is 24.0. The van der Waals surface area contributed by atoms with Crippen LogP contribution >= 0.6 is 0 Å². The van der Waals surface area contributed by atoms with E-state index in [2.05, 4.69) is 36.6 Å². The van der Waals surface area contributed by atoms with Crippen molar-refractivity contribution in [1.82, 2.24) is 9.80 Å². The molecule has 0 heterocycles. The first-order valence-electron chi connectivity index (χ1n) is 21.1. The molecule has 0 aliphatic heterocycles. The molecule has 0 aromatic carbocycles. The van der Waals surface area contributed by atoms with E-state index in [1.54, 1.807) is 0 Å². The molecule has 0 spiro atoms. The molecule has 49 heavy (non-hydrogen) atoms. The number of rotatable bonds is 36. The third-order valence-electron chi connectivity index (χ3n) is 10.2. The molecular weight excluding hydrogens is 612 g/mol. The molecule has 7 nitrogen and oxygen atoms in total. The van der Waals surface area contributed by atoms with E-state index in [4.69, 9.17) is 9.47 Å². The molecule has 1 saturated carbocycles. The summed E-state index contributed by atoms with van der Waals surface area (Å²) < 4.78 is 11.5. The number of unbranched alkanes of at least 4 members (excludes halogenated alkanes) is 14. The summed E-state index contributed by atoms with van der Waals surface area (Å²) in [5, 5.41) is 9.65. The number of aliphatic hydroxyl groups is 1. The summed E-state index contributed by atoms with van der Waals surface area (Å²) in [4.78, 5) is 30.1. The Hall–Kier alpha value is -1.44. The van der Waals surface area contributed by atoms with Gasteiger partial charge in [0.15, 0.2) is 0 Å². The van der Waals surface area contributed by atoms with Gasteiger partial charge in [-0.25, -0.2) is 0 Å². The van der Waals surface area contributed by atoms with Crippen LogP contribution in [0.1, 0.15) is 188 Å². The van der Waals surface area contributed by atoms with E-state index >= 15 is 0 Å². The van der Waals surface area contributed by atoms with Crippen LogP contribution < -0.4 is 0 Å². The van der Waals surface area contributed by atoms with Gasteiger partial charge in [-0.05, 0) is 83.7 Å². The number of esters is 2. The Balaban J connectivity index is 2.48. The minimum atomic E-state index is -0.105. The smallest absolute Gasteiger partial charge is 0.306 e. The second-order valence-electron chi connectivity index (χ2n) is 14.6. The highest BCUT2D eigenvalue weighted by Crippen LogP contribution is 2.24. The van der Waals surface area contributed by atoms with Gasteiger partial charge in [-0.15, -0.1) is 0 Å². The number of allylic oxidation sites excluding steroid dienone is 1. The zero-order chi connectivity index (χ0) is 35.6. The Morgan fingerprint density at radius 1 is 0.653 bits per heavy atom. The van der Waals surface area contributed by atoms with Crippen molar-refractivity contribution in [2.45, 2.75) is 200 Å². The standard InChI is InChI=1S/C42H80N2O5/c1-4-7-10-13-14-17-23-38-48-41(46)30-21-18-22-32-43(34-35-44(36-37-45)39-26-24-27-39)33-25-31-42(47)49-40(28-19-15-11-8-5-2)29-20-16-12-9-6-3/h17,23,39-40,45H,4-16,18-22,24-38H2,1-3H3/b23-17-. The average molecular weight is 693 g/mol. The van der Waals surface area contributed by atoms with Gasteiger partial charge in [0.1, 0.15) is 12.7 Å². The monoisotopic (exact) mass is 693 g/mol. The van der Waals surface area contributed by atoms with Crippen LogP contribution in [0.5, 0.6) is 0 Å². The second kappa shape index (κ2) is 33.7.